The molecule has 0 aliphatic carbocycles. The van der Waals surface area contributed by atoms with E-state index >= 15 is 0 Å². The minimum atomic E-state index is -0.264. The quantitative estimate of drug-likeness (QED) is 0.665. The van der Waals surface area contributed by atoms with Crippen molar-refractivity contribution in [2.24, 2.45) is 4.99 Å². The van der Waals surface area contributed by atoms with Crippen LogP contribution in [0.4, 0.5) is 0 Å². The topological polar surface area (TPSA) is 59.9 Å². The number of nitrogens with zero attached hydrogens (tertiary/aromatic N) is 1. The van der Waals surface area contributed by atoms with E-state index in [-0.39, 0.29) is 18.0 Å². The molecule has 0 saturated carbocycles. The van der Waals surface area contributed by atoms with Crippen LogP contribution in [0.25, 0.3) is 0 Å². The molecule has 20 heavy (non-hydrogen) atoms. The van der Waals surface area contributed by atoms with E-state index in [1.54, 1.807) is 31.4 Å². The predicted octanol–water partition coefficient (Wildman–Crippen LogP) is 2.62. The van der Waals surface area contributed by atoms with Gasteiger partial charge in [-0.25, -0.2) is 4.99 Å². The van der Waals surface area contributed by atoms with E-state index in [9.17, 15) is 4.79 Å². The van der Waals surface area contributed by atoms with E-state index in [2.05, 4.69) is 10.3 Å². The van der Waals surface area contributed by atoms with E-state index in [1.807, 2.05) is 20.8 Å². The number of carbonyl (C=O) groups is 1. The second-order valence-corrected chi connectivity index (χ2v) is 4.56. The lowest BCUT2D eigenvalue weighted by Crippen LogP contribution is -2.33. The van der Waals surface area contributed by atoms with Gasteiger partial charge in [0.1, 0.15) is 5.75 Å². The van der Waals surface area contributed by atoms with Gasteiger partial charge in [-0.1, -0.05) is 13.0 Å². The number of amidine groups is 1. The summed E-state index contributed by atoms with van der Waals surface area (Å²) in [6.45, 7) is 6.36. The first-order chi connectivity index (χ1) is 9.56. The van der Waals surface area contributed by atoms with Gasteiger partial charge in [0.05, 0.1) is 13.7 Å². The maximum atomic E-state index is 12.1. The molecule has 1 rings (SSSR count). The lowest BCUT2D eigenvalue weighted by molar-refractivity contribution is 0.0965. The third-order valence-corrected chi connectivity index (χ3v) is 2.37. The maximum Gasteiger partial charge on any atom is 0.291 e. The van der Waals surface area contributed by atoms with Crippen LogP contribution in [0.15, 0.2) is 29.3 Å². The molecule has 0 aliphatic rings. The molecule has 0 spiro atoms. The Morgan fingerprint density at radius 3 is 2.75 bits per heavy atom. The number of nitrogens with one attached hydrogen (secondary N) is 1. The average molecular weight is 278 g/mol. The van der Waals surface area contributed by atoms with Gasteiger partial charge in [0.25, 0.3) is 11.9 Å². The van der Waals surface area contributed by atoms with Crippen molar-refractivity contribution in [1.29, 1.82) is 0 Å². The van der Waals surface area contributed by atoms with Crippen LogP contribution in [-0.2, 0) is 4.74 Å². The van der Waals surface area contributed by atoms with Crippen LogP contribution in [0.2, 0.25) is 0 Å². The van der Waals surface area contributed by atoms with Crippen molar-refractivity contribution < 1.29 is 14.3 Å². The first-order valence-corrected chi connectivity index (χ1v) is 6.72. The summed E-state index contributed by atoms with van der Waals surface area (Å²) in [5.41, 5.74) is 0.501. The molecule has 0 saturated heterocycles. The van der Waals surface area contributed by atoms with Gasteiger partial charge in [-0.3, -0.25) is 10.1 Å². The van der Waals surface area contributed by atoms with Gasteiger partial charge in [-0.15, -0.1) is 0 Å². The van der Waals surface area contributed by atoms with Crippen molar-refractivity contribution in [2.75, 3.05) is 13.7 Å². The highest BCUT2D eigenvalue weighted by molar-refractivity contribution is 6.04. The third-order valence-electron chi connectivity index (χ3n) is 2.37. The molecule has 1 aromatic rings. The third kappa shape index (κ3) is 5.30. The number of hydrogen-bond donors (Lipinski definition) is 1. The van der Waals surface area contributed by atoms with Crippen molar-refractivity contribution in [1.82, 2.24) is 5.32 Å². The lowest BCUT2D eigenvalue weighted by Gasteiger charge is -2.11. The Morgan fingerprint density at radius 2 is 2.15 bits per heavy atom. The highest BCUT2D eigenvalue weighted by Crippen LogP contribution is 2.12. The molecule has 0 aliphatic heterocycles. The Hall–Kier alpha value is -2.04. The molecule has 1 N–H and O–H groups in total. The minimum Gasteiger partial charge on any atom is -0.497 e. The van der Waals surface area contributed by atoms with Gasteiger partial charge in [-0.2, -0.15) is 0 Å². The van der Waals surface area contributed by atoms with E-state index in [1.165, 1.54) is 0 Å². The number of amides is 1. The Bertz CT molecular complexity index is 470. The van der Waals surface area contributed by atoms with Gasteiger partial charge in [0.2, 0.25) is 0 Å². The largest absolute Gasteiger partial charge is 0.497 e. The number of benzene rings is 1. The SMILES string of the molecule is CCCOC(=NC(C)C)NC(=O)c1cccc(OC)c1. The van der Waals surface area contributed by atoms with Crippen LogP contribution in [0.5, 0.6) is 5.75 Å². The molecule has 1 aromatic carbocycles. The van der Waals surface area contributed by atoms with Crippen LogP contribution in [-0.4, -0.2) is 31.7 Å². The molecule has 5 heteroatoms. The fraction of sp³-hybridized carbons (Fsp3) is 0.467. The normalized spacial score (nSPS) is 11.3. The van der Waals surface area contributed by atoms with Gasteiger partial charge in [-0.05, 0) is 38.5 Å². The summed E-state index contributed by atoms with van der Waals surface area (Å²) in [4.78, 5) is 16.4. The zero-order valence-corrected chi connectivity index (χ0v) is 12.5. The molecule has 5 nitrogen and oxygen atoms in total. The number of carbonyl (C=O) groups excluding carboxylic acids is 1. The van der Waals surface area contributed by atoms with E-state index in [4.69, 9.17) is 9.47 Å². The van der Waals surface area contributed by atoms with Crippen molar-refractivity contribution in [3.63, 3.8) is 0 Å². The molecule has 0 atom stereocenters. The predicted molar refractivity (Wildman–Crippen MR) is 79.3 cm³/mol. The molecule has 0 fully saturated rings. The number of methoxy groups -OCH3 is 1. The molecule has 0 bridgehead atoms. The Kier molecular flexibility index (Phi) is 6.56. The van der Waals surface area contributed by atoms with Crippen molar-refractivity contribution >= 4 is 11.9 Å². The molecule has 0 aromatic heterocycles. The van der Waals surface area contributed by atoms with E-state index < -0.39 is 0 Å². The number of ether oxygens (including phenoxy) is 2. The Morgan fingerprint density at radius 1 is 1.40 bits per heavy atom. The summed E-state index contributed by atoms with van der Waals surface area (Å²) < 4.78 is 10.5. The summed E-state index contributed by atoms with van der Waals surface area (Å²) in [6, 6.07) is 7.24. The Labute approximate surface area is 120 Å². The summed E-state index contributed by atoms with van der Waals surface area (Å²) in [7, 11) is 1.56. The van der Waals surface area contributed by atoms with Crippen LogP contribution < -0.4 is 10.1 Å². The standard InChI is InChI=1S/C15H22N2O3/c1-5-9-20-15(16-11(2)3)17-14(18)12-7-6-8-13(10-12)19-4/h6-8,10-11H,5,9H2,1-4H3,(H,16,17,18). The summed E-state index contributed by atoms with van der Waals surface area (Å²) >= 11 is 0. The van der Waals surface area contributed by atoms with Crippen LogP contribution in [0.1, 0.15) is 37.6 Å². The highest BCUT2D eigenvalue weighted by atomic mass is 16.5. The second kappa shape index (κ2) is 8.19. The highest BCUT2D eigenvalue weighted by Gasteiger charge is 2.11. The van der Waals surface area contributed by atoms with Gasteiger partial charge >= 0.3 is 0 Å². The van der Waals surface area contributed by atoms with Crippen molar-refractivity contribution in [2.45, 2.75) is 33.2 Å². The zero-order chi connectivity index (χ0) is 15.0. The molecule has 0 radical (unpaired) electrons. The van der Waals surface area contributed by atoms with Crippen molar-refractivity contribution in [3.8, 4) is 5.75 Å². The second-order valence-electron chi connectivity index (χ2n) is 4.56. The minimum absolute atomic E-state index is 0.0486. The van der Waals surface area contributed by atoms with Gasteiger partial charge in [0.15, 0.2) is 0 Å². The fourth-order valence-electron chi connectivity index (χ4n) is 1.47. The first kappa shape index (κ1) is 16.0. The average Bonchev–Trinajstić information content (AvgIpc) is 2.44. The molecule has 0 unspecified atom stereocenters. The molecular formula is C15H22N2O3. The zero-order valence-electron chi connectivity index (χ0n) is 12.5. The summed E-state index contributed by atoms with van der Waals surface area (Å²) in [6.07, 6.45) is 0.853. The molecule has 110 valence electrons. The van der Waals surface area contributed by atoms with E-state index in [0.29, 0.717) is 17.9 Å². The van der Waals surface area contributed by atoms with E-state index in [0.717, 1.165) is 6.42 Å². The maximum absolute atomic E-state index is 12.1. The molecule has 0 heterocycles. The monoisotopic (exact) mass is 278 g/mol. The van der Waals surface area contributed by atoms with Crippen molar-refractivity contribution in [3.05, 3.63) is 29.8 Å². The lowest BCUT2D eigenvalue weighted by atomic mass is 10.2. The molecule has 1 amide bonds. The summed E-state index contributed by atoms with van der Waals surface area (Å²) in [5, 5.41) is 2.68. The molecular weight excluding hydrogens is 256 g/mol. The van der Waals surface area contributed by atoms with Crippen LogP contribution in [0, 0.1) is 0 Å². The number of rotatable bonds is 5. The van der Waals surface area contributed by atoms with Gasteiger partial charge in [0, 0.05) is 11.6 Å². The number of aliphatic imine (C=N–C) groups is 1. The Balaban J connectivity index is 2.79. The first-order valence-electron chi connectivity index (χ1n) is 6.72. The summed E-state index contributed by atoms with van der Waals surface area (Å²) in [5.74, 6) is 0.369. The van der Waals surface area contributed by atoms with Crippen LogP contribution in [0.3, 0.4) is 0 Å². The van der Waals surface area contributed by atoms with Crippen LogP contribution >= 0.6 is 0 Å². The fourth-order valence-corrected chi connectivity index (χ4v) is 1.47. The number of hydrogen-bond acceptors (Lipinski definition) is 4. The van der Waals surface area contributed by atoms with Gasteiger partial charge < -0.3 is 9.47 Å². The smallest absolute Gasteiger partial charge is 0.291 e.